The summed E-state index contributed by atoms with van der Waals surface area (Å²) in [5, 5.41) is 0. The number of halogens is 10. The van der Waals surface area contributed by atoms with Gasteiger partial charge in [0, 0.05) is 0 Å². The Morgan fingerprint density at radius 2 is 0.526 bits per heavy atom. The van der Waals surface area contributed by atoms with Gasteiger partial charge >= 0.3 is 11.9 Å². The van der Waals surface area contributed by atoms with Crippen molar-refractivity contribution in [1.82, 2.24) is 0 Å². The van der Waals surface area contributed by atoms with E-state index < -0.39 is 62.7 Å². The predicted molar refractivity (Wildman–Crippen MR) is 249 cm³/mol. The summed E-state index contributed by atoms with van der Waals surface area (Å²) in [6.45, 7) is -0.826. The van der Waals surface area contributed by atoms with Crippen LogP contribution in [-0.4, -0.2) is 61.3 Å². The molecule has 0 rings (SSSR count). The minimum Gasteiger partial charge on any atom is -0.462 e. The molecule has 0 N–H and O–H groups in total. The summed E-state index contributed by atoms with van der Waals surface area (Å²) < 4.78 is 29.3. The van der Waals surface area contributed by atoms with Crippen LogP contribution in [0.5, 0.6) is 0 Å². The van der Waals surface area contributed by atoms with Gasteiger partial charge in [-0.25, -0.2) is 18.0 Å². The first-order valence-electron chi connectivity index (χ1n) is 21.1. The van der Waals surface area contributed by atoms with Crippen LogP contribution in [0.4, 0.5) is 0 Å². The molecule has 0 aromatic rings. The van der Waals surface area contributed by atoms with Crippen molar-refractivity contribution in [2.24, 2.45) is 0 Å². The van der Waals surface area contributed by atoms with Crippen molar-refractivity contribution in [3.63, 3.8) is 0 Å². The summed E-state index contributed by atoms with van der Waals surface area (Å²) in [4.78, 5) is 24.9. The summed E-state index contributed by atoms with van der Waals surface area (Å²) in [5.74, 6) is -2.68. The van der Waals surface area contributed by atoms with E-state index in [1.807, 2.05) is 0 Å². The smallest absolute Gasteiger partial charge is 0.342 e. The lowest BCUT2D eigenvalue weighted by atomic mass is 10.0. The monoisotopic (exact) mass is 1030 g/mol. The highest BCUT2D eigenvalue weighted by atomic mass is 35.6. The minimum atomic E-state index is -3.71. The molecule has 0 unspecified atom stereocenters. The quantitative estimate of drug-likeness (QED) is 0.0348. The summed E-state index contributed by atoms with van der Waals surface area (Å²) >= 11 is 59.5. The molecule has 0 heterocycles. The Kier molecular flexibility index (Phi) is 35.3. The maximum Gasteiger partial charge on any atom is 0.342 e. The molecule has 0 spiro atoms. The third-order valence-electron chi connectivity index (χ3n) is 9.75. The molecule has 0 aliphatic heterocycles. The molecule has 0 saturated carbocycles. The van der Waals surface area contributed by atoms with Crippen LogP contribution in [0.3, 0.4) is 0 Å². The fourth-order valence-electron chi connectivity index (χ4n) is 6.27. The van der Waals surface area contributed by atoms with E-state index in [0.717, 1.165) is 77.0 Å². The number of hydrogen-bond acceptors (Lipinski definition) is 6. The molecule has 0 saturated heterocycles. The third-order valence-corrected chi connectivity index (χ3v) is 13.8. The van der Waals surface area contributed by atoms with Crippen molar-refractivity contribution in [3.05, 3.63) is 0 Å². The second-order valence-electron chi connectivity index (χ2n) is 15.3. The number of sulfone groups is 1. The molecule has 0 fully saturated rings. The number of ether oxygens (including phenoxy) is 2. The standard InChI is InChI=1S/C40H68Cl10O6S/c41-37(42,27-23-19-15-11-7-3-1-5-9-13-17-21-25-29-39(45,46)47)35(51)55-31-33-57(53,54)34-32-56-36(52)38(43,44)28-24-20-16-12-8-4-2-6-10-14-18-22-26-30-40(48,49)50/h1-34H2. The first-order valence-corrected chi connectivity index (χ1v) is 26.7. The number of unbranched alkanes of at least 4 members (excludes halogenated alkanes) is 24. The Morgan fingerprint density at radius 3 is 0.737 bits per heavy atom. The van der Waals surface area contributed by atoms with Crippen molar-refractivity contribution in [1.29, 1.82) is 0 Å². The van der Waals surface area contributed by atoms with Crippen LogP contribution in [0.1, 0.15) is 193 Å². The molecule has 0 amide bonds. The minimum absolute atomic E-state index is 0.211. The molecular formula is C40H68Cl10O6S. The maximum atomic E-state index is 12.4. The Bertz CT molecular complexity index is 1050. The molecule has 0 bridgehead atoms. The molecular weight excluding hydrogens is 963 g/mol. The number of alkyl halides is 10. The Morgan fingerprint density at radius 1 is 0.333 bits per heavy atom. The van der Waals surface area contributed by atoms with E-state index in [-0.39, 0.29) is 12.8 Å². The molecule has 0 aliphatic rings. The summed E-state index contributed by atoms with van der Waals surface area (Å²) in [7, 11) is -3.71. The largest absolute Gasteiger partial charge is 0.462 e. The zero-order valence-corrected chi connectivity index (χ0v) is 42.1. The van der Waals surface area contributed by atoms with Crippen LogP contribution < -0.4 is 0 Å². The summed E-state index contributed by atoms with van der Waals surface area (Å²) in [5.41, 5.74) is 0. The lowest BCUT2D eigenvalue weighted by Crippen LogP contribution is -2.32. The van der Waals surface area contributed by atoms with Crippen LogP contribution in [0.25, 0.3) is 0 Å². The second-order valence-corrected chi connectivity index (χ2v) is 25.6. The number of esters is 2. The number of carbonyl (C=O) groups excluding carboxylic acids is 2. The molecule has 17 heteroatoms. The zero-order valence-electron chi connectivity index (χ0n) is 33.7. The highest BCUT2D eigenvalue weighted by Gasteiger charge is 2.36. The molecule has 0 aliphatic carbocycles. The number of carbonyl (C=O) groups is 2. The molecule has 0 radical (unpaired) electrons. The Balaban J connectivity index is 3.88. The average molecular weight is 1030 g/mol. The van der Waals surface area contributed by atoms with Gasteiger partial charge in [0.1, 0.15) is 13.2 Å². The van der Waals surface area contributed by atoms with Gasteiger partial charge < -0.3 is 9.47 Å². The van der Waals surface area contributed by atoms with Gasteiger partial charge in [-0.3, -0.25) is 0 Å². The Labute approximate surface area is 395 Å². The molecule has 0 atom stereocenters. The van der Waals surface area contributed by atoms with Gasteiger partial charge in [0.2, 0.25) is 8.67 Å². The van der Waals surface area contributed by atoms with Gasteiger partial charge in [0.15, 0.2) is 17.4 Å². The lowest BCUT2D eigenvalue weighted by molar-refractivity contribution is -0.144. The molecule has 6 nitrogen and oxygen atoms in total. The molecule has 0 aromatic carbocycles. The van der Waals surface area contributed by atoms with Crippen molar-refractivity contribution < 1.29 is 27.5 Å². The van der Waals surface area contributed by atoms with Gasteiger partial charge in [0.25, 0.3) is 0 Å². The lowest BCUT2D eigenvalue weighted by Gasteiger charge is -2.18. The highest BCUT2D eigenvalue weighted by molar-refractivity contribution is 7.91. The van der Waals surface area contributed by atoms with E-state index in [9.17, 15) is 18.0 Å². The van der Waals surface area contributed by atoms with Crippen LogP contribution >= 0.6 is 116 Å². The van der Waals surface area contributed by atoms with E-state index in [1.165, 1.54) is 77.0 Å². The second kappa shape index (κ2) is 34.2. The molecule has 340 valence electrons. The van der Waals surface area contributed by atoms with Gasteiger partial charge in [-0.05, 0) is 51.4 Å². The molecule has 57 heavy (non-hydrogen) atoms. The van der Waals surface area contributed by atoms with E-state index >= 15 is 0 Å². The van der Waals surface area contributed by atoms with Crippen molar-refractivity contribution in [3.8, 4) is 0 Å². The van der Waals surface area contributed by atoms with Crippen molar-refractivity contribution >= 4 is 138 Å². The molecule has 0 aromatic heterocycles. The van der Waals surface area contributed by atoms with Gasteiger partial charge in [-0.1, -0.05) is 257 Å². The fourth-order valence-corrected chi connectivity index (χ4v) is 8.71. The van der Waals surface area contributed by atoms with Gasteiger partial charge in [-0.2, -0.15) is 0 Å². The van der Waals surface area contributed by atoms with Crippen LogP contribution in [0.2, 0.25) is 0 Å². The topological polar surface area (TPSA) is 86.7 Å². The first-order chi connectivity index (χ1) is 26.7. The van der Waals surface area contributed by atoms with E-state index in [4.69, 9.17) is 125 Å². The van der Waals surface area contributed by atoms with Gasteiger partial charge in [0.05, 0.1) is 11.5 Å². The predicted octanol–water partition coefficient (Wildman–Crippen LogP) is 16.3. The van der Waals surface area contributed by atoms with Crippen molar-refractivity contribution in [2.45, 2.75) is 209 Å². The highest BCUT2D eigenvalue weighted by Crippen LogP contribution is 2.34. The first kappa shape index (κ1) is 58.8. The number of hydrogen-bond donors (Lipinski definition) is 0. The van der Waals surface area contributed by atoms with E-state index in [0.29, 0.717) is 25.7 Å². The van der Waals surface area contributed by atoms with Crippen LogP contribution in [0.15, 0.2) is 0 Å². The number of rotatable bonds is 38. The normalized spacial score (nSPS) is 12.9. The van der Waals surface area contributed by atoms with E-state index in [2.05, 4.69) is 0 Å². The van der Waals surface area contributed by atoms with Gasteiger partial charge in [-0.15, -0.1) is 0 Å². The van der Waals surface area contributed by atoms with E-state index in [1.54, 1.807) is 0 Å². The van der Waals surface area contributed by atoms with Crippen LogP contribution in [0, 0.1) is 0 Å². The Hall–Kier alpha value is 1.79. The zero-order chi connectivity index (χ0) is 43.1. The fraction of sp³-hybridized carbons (Fsp3) is 0.950. The third kappa shape index (κ3) is 39.1. The van der Waals surface area contributed by atoms with Crippen LogP contribution in [-0.2, 0) is 28.9 Å². The SMILES string of the molecule is O=C(OCCS(=O)(=O)CCOC(=O)C(Cl)(Cl)CCCCCCCCCCCCCCCC(Cl)(Cl)Cl)C(Cl)(Cl)CCCCCCCCCCCCCCCC(Cl)(Cl)Cl. The average Bonchev–Trinajstić information content (AvgIpc) is 3.10. The maximum absolute atomic E-state index is 12.4. The summed E-state index contributed by atoms with van der Waals surface area (Å²) in [6.07, 6.45) is 29.9. The summed E-state index contributed by atoms with van der Waals surface area (Å²) in [6, 6.07) is 0. The van der Waals surface area contributed by atoms with Crippen molar-refractivity contribution in [2.75, 3.05) is 24.7 Å².